The highest BCUT2D eigenvalue weighted by atomic mass is 16.6. The van der Waals surface area contributed by atoms with E-state index in [4.69, 9.17) is 4.74 Å². The van der Waals surface area contributed by atoms with Gasteiger partial charge in [0.1, 0.15) is 0 Å². The molecule has 2 aromatic rings. The second-order valence-corrected chi connectivity index (χ2v) is 4.86. The maximum atomic E-state index is 12.3. The van der Waals surface area contributed by atoms with Crippen molar-refractivity contribution in [1.29, 1.82) is 0 Å². The summed E-state index contributed by atoms with van der Waals surface area (Å²) in [5.74, 6) is -1.43. The van der Waals surface area contributed by atoms with Gasteiger partial charge in [0.25, 0.3) is 5.91 Å². The third kappa shape index (κ3) is 3.82. The van der Waals surface area contributed by atoms with E-state index in [0.717, 1.165) is 7.11 Å². The van der Waals surface area contributed by atoms with Crippen LogP contribution in [0.2, 0.25) is 0 Å². The molecule has 0 saturated carbocycles. The fourth-order valence-corrected chi connectivity index (χ4v) is 2.01. The highest BCUT2D eigenvalue weighted by Gasteiger charge is 2.22. The van der Waals surface area contributed by atoms with Crippen LogP contribution in [-0.2, 0) is 14.3 Å². The van der Waals surface area contributed by atoms with Crippen LogP contribution in [-0.4, -0.2) is 36.2 Å². The molecule has 0 radical (unpaired) electrons. The molecular weight excluding hydrogens is 300 g/mol. The molecule has 1 aromatic heterocycles. The number of alkyl carbamates (subject to hydrolysis) is 1. The van der Waals surface area contributed by atoms with Gasteiger partial charge in [-0.05, 0) is 26.0 Å². The van der Waals surface area contributed by atoms with Crippen molar-refractivity contribution >= 4 is 28.9 Å². The lowest BCUT2D eigenvalue weighted by Gasteiger charge is -2.13. The highest BCUT2D eigenvalue weighted by Crippen LogP contribution is 2.19. The third-order valence-electron chi connectivity index (χ3n) is 3.13. The van der Waals surface area contributed by atoms with E-state index in [9.17, 15) is 14.4 Å². The molecule has 1 atom stereocenters. The number of carbonyl (C=O) groups excluding carboxylic acids is 3. The molecule has 23 heavy (non-hydrogen) atoms. The maximum Gasteiger partial charge on any atom is 0.413 e. The van der Waals surface area contributed by atoms with Crippen LogP contribution in [0.25, 0.3) is 10.9 Å². The molecule has 2 rings (SSSR count). The Hall–Kier alpha value is -2.96. The van der Waals surface area contributed by atoms with Gasteiger partial charge in [0.15, 0.2) is 6.10 Å². The molecule has 0 aliphatic rings. The minimum Gasteiger partial charge on any atom is -0.453 e. The molecule has 0 aliphatic carbocycles. The number of nitrogens with zero attached hydrogens (tertiary/aromatic N) is 1. The molecule has 1 N–H and O–H groups in total. The first-order valence-corrected chi connectivity index (χ1v) is 6.88. The topological polar surface area (TPSA) is 94.6 Å². The van der Waals surface area contributed by atoms with Crippen molar-refractivity contribution in [1.82, 2.24) is 10.3 Å². The Labute approximate surface area is 132 Å². The molecule has 0 aliphatic heterocycles. The second-order valence-electron chi connectivity index (χ2n) is 4.86. The molecule has 7 nitrogen and oxygen atoms in total. The summed E-state index contributed by atoms with van der Waals surface area (Å²) in [7, 11) is 1.13. The Morgan fingerprint density at radius 3 is 2.61 bits per heavy atom. The zero-order chi connectivity index (χ0) is 17.0. The third-order valence-corrected chi connectivity index (χ3v) is 3.13. The van der Waals surface area contributed by atoms with Gasteiger partial charge in [-0.25, -0.2) is 9.59 Å². The van der Waals surface area contributed by atoms with Gasteiger partial charge in [-0.3, -0.25) is 15.1 Å². The Morgan fingerprint density at radius 1 is 1.22 bits per heavy atom. The smallest absolute Gasteiger partial charge is 0.413 e. The van der Waals surface area contributed by atoms with Gasteiger partial charge >= 0.3 is 12.1 Å². The molecule has 0 unspecified atom stereocenters. The van der Waals surface area contributed by atoms with Crippen molar-refractivity contribution in [2.75, 3.05) is 7.11 Å². The van der Waals surface area contributed by atoms with Gasteiger partial charge in [-0.1, -0.05) is 18.2 Å². The SMILES string of the molecule is COC(=O)NC(=O)[C@@H](C)OC(=O)c1cc(C)nc2ccccc12. The number of rotatable bonds is 3. The first-order chi connectivity index (χ1) is 10.9. The number of amides is 2. The molecule has 120 valence electrons. The lowest BCUT2D eigenvalue weighted by Crippen LogP contribution is -2.39. The zero-order valence-electron chi connectivity index (χ0n) is 13.0. The predicted molar refractivity (Wildman–Crippen MR) is 81.9 cm³/mol. The molecular formula is C16H16N2O5. The van der Waals surface area contributed by atoms with E-state index in [-0.39, 0.29) is 0 Å². The summed E-state index contributed by atoms with van der Waals surface area (Å²) in [6, 6.07) is 8.72. The summed E-state index contributed by atoms with van der Waals surface area (Å²) in [5.41, 5.74) is 1.62. The Balaban J connectivity index is 2.21. The number of fused-ring (bicyclic) bond motifs is 1. The first kappa shape index (κ1) is 16.4. The van der Waals surface area contributed by atoms with Crippen molar-refractivity contribution in [2.24, 2.45) is 0 Å². The number of pyridine rings is 1. The molecule has 2 amide bonds. The van der Waals surface area contributed by atoms with Crippen molar-refractivity contribution in [3.8, 4) is 0 Å². The average Bonchev–Trinajstić information content (AvgIpc) is 2.53. The molecule has 0 bridgehead atoms. The molecule has 1 aromatic carbocycles. The molecule has 0 spiro atoms. The maximum absolute atomic E-state index is 12.3. The minimum atomic E-state index is -1.14. The molecule has 7 heteroatoms. The van der Waals surface area contributed by atoms with Crippen molar-refractivity contribution in [3.05, 3.63) is 41.6 Å². The average molecular weight is 316 g/mol. The number of esters is 1. The van der Waals surface area contributed by atoms with Gasteiger partial charge in [0.2, 0.25) is 0 Å². The van der Waals surface area contributed by atoms with Crippen molar-refractivity contribution < 1.29 is 23.9 Å². The summed E-state index contributed by atoms with van der Waals surface area (Å²) in [5, 5.41) is 2.57. The Bertz CT molecular complexity index is 772. The number of imide groups is 1. The Kier molecular flexibility index (Phi) is 4.90. The van der Waals surface area contributed by atoms with E-state index < -0.39 is 24.1 Å². The summed E-state index contributed by atoms with van der Waals surface area (Å²) < 4.78 is 9.43. The number of carbonyl (C=O) groups is 3. The fraction of sp³-hybridized carbons (Fsp3) is 0.250. The number of aromatic nitrogens is 1. The van der Waals surface area contributed by atoms with Crippen LogP contribution in [0, 0.1) is 6.92 Å². The lowest BCUT2D eigenvalue weighted by molar-refractivity contribution is -0.128. The van der Waals surface area contributed by atoms with Crippen molar-refractivity contribution in [2.45, 2.75) is 20.0 Å². The lowest BCUT2D eigenvalue weighted by atomic mass is 10.1. The van der Waals surface area contributed by atoms with Gasteiger partial charge < -0.3 is 9.47 Å². The Morgan fingerprint density at radius 2 is 1.91 bits per heavy atom. The number of ether oxygens (including phenoxy) is 2. The van der Waals surface area contributed by atoms with Crippen LogP contribution in [0.15, 0.2) is 30.3 Å². The number of para-hydroxylation sites is 1. The fourth-order valence-electron chi connectivity index (χ4n) is 2.01. The van der Waals surface area contributed by atoms with Gasteiger partial charge in [0, 0.05) is 11.1 Å². The van der Waals surface area contributed by atoms with Crippen molar-refractivity contribution in [3.63, 3.8) is 0 Å². The van der Waals surface area contributed by atoms with Gasteiger partial charge in [0.05, 0.1) is 18.2 Å². The van der Waals surface area contributed by atoms with Crippen LogP contribution in [0.3, 0.4) is 0 Å². The van der Waals surface area contributed by atoms with E-state index in [1.165, 1.54) is 6.92 Å². The van der Waals surface area contributed by atoms with E-state index >= 15 is 0 Å². The van der Waals surface area contributed by atoms with E-state index in [1.54, 1.807) is 31.2 Å². The van der Waals surface area contributed by atoms with Gasteiger partial charge in [-0.2, -0.15) is 0 Å². The number of benzene rings is 1. The summed E-state index contributed by atoms with van der Waals surface area (Å²) in [6.07, 6.45) is -2.06. The van der Waals surface area contributed by atoms with Crippen LogP contribution in [0.4, 0.5) is 4.79 Å². The molecule has 0 saturated heterocycles. The first-order valence-electron chi connectivity index (χ1n) is 6.88. The summed E-state index contributed by atoms with van der Waals surface area (Å²) >= 11 is 0. The zero-order valence-corrected chi connectivity index (χ0v) is 13.0. The monoisotopic (exact) mass is 316 g/mol. The molecule has 1 heterocycles. The summed E-state index contributed by atoms with van der Waals surface area (Å²) in [6.45, 7) is 3.13. The number of aryl methyl sites for hydroxylation is 1. The number of methoxy groups -OCH3 is 1. The van der Waals surface area contributed by atoms with Crippen LogP contribution in [0.1, 0.15) is 23.0 Å². The number of hydrogen-bond donors (Lipinski definition) is 1. The van der Waals surface area contributed by atoms with Crippen LogP contribution in [0.5, 0.6) is 0 Å². The minimum absolute atomic E-state index is 0.311. The number of hydrogen-bond acceptors (Lipinski definition) is 6. The predicted octanol–water partition coefficient (Wildman–Crippen LogP) is 1.97. The summed E-state index contributed by atoms with van der Waals surface area (Å²) in [4.78, 5) is 39.4. The van der Waals surface area contributed by atoms with E-state index in [1.807, 2.05) is 11.4 Å². The number of nitrogens with one attached hydrogen (secondary N) is 1. The largest absolute Gasteiger partial charge is 0.453 e. The van der Waals surface area contributed by atoms with E-state index in [2.05, 4.69) is 9.72 Å². The standard InChI is InChI=1S/C16H16N2O5/c1-9-8-12(11-6-4-5-7-13(11)17-9)15(20)23-10(2)14(19)18-16(21)22-3/h4-8,10H,1-3H3,(H,18,19,21)/t10-/m1/s1. The quantitative estimate of drug-likeness (QED) is 0.870. The van der Waals surface area contributed by atoms with Crippen LogP contribution >= 0.6 is 0 Å². The van der Waals surface area contributed by atoms with Gasteiger partial charge in [-0.15, -0.1) is 0 Å². The van der Waals surface area contributed by atoms with E-state index in [0.29, 0.717) is 22.2 Å². The normalized spacial score (nSPS) is 11.6. The highest BCUT2D eigenvalue weighted by molar-refractivity contribution is 6.04. The van der Waals surface area contributed by atoms with Crippen LogP contribution < -0.4 is 5.32 Å². The second kappa shape index (κ2) is 6.87. The molecule has 0 fully saturated rings.